The number of rotatable bonds is 2. The zero-order valence-corrected chi connectivity index (χ0v) is 12.6. The van der Waals surface area contributed by atoms with Crippen molar-refractivity contribution in [3.05, 3.63) is 68.1 Å². The zero-order chi connectivity index (χ0) is 13.3. The molecule has 0 saturated carbocycles. The van der Waals surface area contributed by atoms with E-state index in [-0.39, 0.29) is 0 Å². The van der Waals surface area contributed by atoms with Crippen LogP contribution >= 0.6 is 27.5 Å². The van der Waals surface area contributed by atoms with Crippen LogP contribution in [0.5, 0.6) is 0 Å². The van der Waals surface area contributed by atoms with Crippen LogP contribution in [-0.4, -0.2) is 5.11 Å². The van der Waals surface area contributed by atoms with Gasteiger partial charge in [-0.2, -0.15) is 0 Å². The molecule has 94 valence electrons. The molecule has 0 aromatic heterocycles. The van der Waals surface area contributed by atoms with Crippen molar-refractivity contribution in [1.82, 2.24) is 0 Å². The summed E-state index contributed by atoms with van der Waals surface area (Å²) < 4.78 is 1.06. The molecule has 0 saturated heterocycles. The first kappa shape index (κ1) is 13.6. The molecule has 0 amide bonds. The largest absolute Gasteiger partial charge is 0.384 e. The Labute approximate surface area is 121 Å². The summed E-state index contributed by atoms with van der Waals surface area (Å²) in [5.41, 5.74) is 3.89. The number of aryl methyl sites for hydroxylation is 2. The highest BCUT2D eigenvalue weighted by Gasteiger charge is 2.14. The summed E-state index contributed by atoms with van der Waals surface area (Å²) in [4.78, 5) is 0. The highest BCUT2D eigenvalue weighted by atomic mass is 79.9. The fraction of sp³-hybridized carbons (Fsp3) is 0.200. The highest BCUT2D eigenvalue weighted by Crippen LogP contribution is 2.30. The molecular weight excluding hydrogens is 312 g/mol. The van der Waals surface area contributed by atoms with E-state index < -0.39 is 6.10 Å². The van der Waals surface area contributed by atoms with Crippen molar-refractivity contribution in [1.29, 1.82) is 0 Å². The lowest BCUT2D eigenvalue weighted by atomic mass is 9.96. The van der Waals surface area contributed by atoms with Crippen molar-refractivity contribution >= 4 is 27.5 Å². The van der Waals surface area contributed by atoms with Crippen LogP contribution in [0.2, 0.25) is 5.02 Å². The fourth-order valence-corrected chi connectivity index (χ4v) is 2.61. The Morgan fingerprint density at radius 3 is 2.50 bits per heavy atom. The smallest absolute Gasteiger partial charge is 0.104 e. The predicted octanol–water partition coefficient (Wildman–Crippen LogP) is 4.80. The Morgan fingerprint density at radius 1 is 1.11 bits per heavy atom. The van der Waals surface area contributed by atoms with Crippen molar-refractivity contribution in [2.75, 3.05) is 0 Å². The first-order valence-corrected chi connectivity index (χ1v) is 6.86. The molecule has 0 radical (unpaired) electrons. The average molecular weight is 326 g/mol. The molecule has 3 heteroatoms. The van der Waals surface area contributed by atoms with Crippen molar-refractivity contribution in [3.8, 4) is 0 Å². The first-order valence-electron chi connectivity index (χ1n) is 5.69. The molecule has 2 rings (SSSR count). The van der Waals surface area contributed by atoms with E-state index in [0.29, 0.717) is 5.02 Å². The molecule has 0 spiro atoms. The molecule has 1 unspecified atom stereocenters. The van der Waals surface area contributed by atoms with Crippen molar-refractivity contribution in [2.45, 2.75) is 20.0 Å². The van der Waals surface area contributed by atoms with Crippen molar-refractivity contribution in [2.24, 2.45) is 0 Å². The van der Waals surface area contributed by atoms with Gasteiger partial charge in [-0.25, -0.2) is 0 Å². The van der Waals surface area contributed by atoms with Crippen LogP contribution in [0, 0.1) is 13.8 Å². The second kappa shape index (κ2) is 5.43. The van der Waals surface area contributed by atoms with Crippen LogP contribution < -0.4 is 0 Å². The van der Waals surface area contributed by atoms with Gasteiger partial charge in [-0.3, -0.25) is 0 Å². The van der Waals surface area contributed by atoms with Gasteiger partial charge in [0.25, 0.3) is 0 Å². The van der Waals surface area contributed by atoms with Gasteiger partial charge in [-0.1, -0.05) is 45.7 Å². The van der Waals surface area contributed by atoms with Crippen LogP contribution in [0.1, 0.15) is 28.4 Å². The van der Waals surface area contributed by atoms with Crippen LogP contribution in [0.4, 0.5) is 0 Å². The van der Waals surface area contributed by atoms with E-state index in [0.717, 1.165) is 26.7 Å². The maximum absolute atomic E-state index is 10.4. The van der Waals surface area contributed by atoms with Crippen molar-refractivity contribution in [3.63, 3.8) is 0 Å². The Morgan fingerprint density at radius 2 is 1.83 bits per heavy atom. The molecule has 0 aliphatic rings. The third-order valence-corrected chi connectivity index (χ3v) is 4.10. The summed E-state index contributed by atoms with van der Waals surface area (Å²) in [5, 5.41) is 11.1. The molecule has 0 heterocycles. The SMILES string of the molecule is Cc1cc(C(O)c2cccc(Cl)c2)c(C)cc1Br. The summed E-state index contributed by atoms with van der Waals surface area (Å²) >= 11 is 9.45. The molecule has 0 aliphatic carbocycles. The lowest BCUT2D eigenvalue weighted by molar-refractivity contribution is 0.219. The Bertz CT molecular complexity index is 581. The molecule has 18 heavy (non-hydrogen) atoms. The number of hydrogen-bond donors (Lipinski definition) is 1. The van der Waals surface area contributed by atoms with E-state index in [1.165, 1.54) is 0 Å². The van der Waals surface area contributed by atoms with E-state index in [2.05, 4.69) is 15.9 Å². The Balaban J connectivity index is 2.46. The lowest BCUT2D eigenvalue weighted by Gasteiger charge is -2.16. The molecule has 2 aromatic rings. The minimum Gasteiger partial charge on any atom is -0.384 e. The van der Waals surface area contributed by atoms with E-state index >= 15 is 0 Å². The van der Waals surface area contributed by atoms with Gasteiger partial charge >= 0.3 is 0 Å². The maximum atomic E-state index is 10.4. The third kappa shape index (κ3) is 2.77. The minimum atomic E-state index is -0.643. The second-order valence-corrected chi connectivity index (χ2v) is 5.71. The Hall–Kier alpha value is -0.830. The van der Waals surface area contributed by atoms with Gasteiger partial charge in [0.15, 0.2) is 0 Å². The topological polar surface area (TPSA) is 20.2 Å². The summed E-state index contributed by atoms with van der Waals surface area (Å²) in [6, 6.07) is 11.4. The van der Waals surface area contributed by atoms with Gasteiger partial charge in [-0.05, 0) is 54.3 Å². The Kier molecular flexibility index (Phi) is 4.10. The predicted molar refractivity (Wildman–Crippen MR) is 79.1 cm³/mol. The number of hydrogen-bond acceptors (Lipinski definition) is 1. The quantitative estimate of drug-likeness (QED) is 0.841. The average Bonchev–Trinajstić information content (AvgIpc) is 2.33. The number of aliphatic hydroxyl groups excluding tert-OH is 1. The monoisotopic (exact) mass is 324 g/mol. The highest BCUT2D eigenvalue weighted by molar-refractivity contribution is 9.10. The lowest BCUT2D eigenvalue weighted by Crippen LogP contribution is -2.02. The summed E-state index contributed by atoms with van der Waals surface area (Å²) in [5.74, 6) is 0. The van der Waals surface area contributed by atoms with Gasteiger partial charge in [0.05, 0.1) is 0 Å². The van der Waals surface area contributed by atoms with Gasteiger partial charge in [0, 0.05) is 9.50 Å². The summed E-state index contributed by atoms with van der Waals surface area (Å²) in [6.45, 7) is 4.00. The molecule has 2 aromatic carbocycles. The first-order chi connectivity index (χ1) is 8.49. The molecule has 0 aliphatic heterocycles. The van der Waals surface area contributed by atoms with Crippen LogP contribution in [0.25, 0.3) is 0 Å². The summed E-state index contributed by atoms with van der Waals surface area (Å²) in [6.07, 6.45) is -0.643. The number of benzene rings is 2. The van der Waals surface area contributed by atoms with Crippen molar-refractivity contribution < 1.29 is 5.11 Å². The number of aliphatic hydroxyl groups is 1. The van der Waals surface area contributed by atoms with Crippen LogP contribution in [-0.2, 0) is 0 Å². The van der Waals surface area contributed by atoms with Gasteiger partial charge in [0.1, 0.15) is 6.10 Å². The molecule has 1 atom stereocenters. The van der Waals surface area contributed by atoms with Crippen LogP contribution in [0.15, 0.2) is 40.9 Å². The van der Waals surface area contributed by atoms with E-state index in [1.54, 1.807) is 12.1 Å². The standard InChI is InChI=1S/C15H14BrClO/c1-9-7-14(16)10(2)6-13(9)15(18)11-4-3-5-12(17)8-11/h3-8,15,18H,1-2H3. The molecule has 1 nitrogen and oxygen atoms in total. The van der Waals surface area contributed by atoms with Gasteiger partial charge in [0.2, 0.25) is 0 Å². The van der Waals surface area contributed by atoms with Crippen LogP contribution in [0.3, 0.4) is 0 Å². The van der Waals surface area contributed by atoms with Gasteiger partial charge < -0.3 is 5.11 Å². The molecule has 0 fully saturated rings. The molecular formula is C15H14BrClO. The second-order valence-electron chi connectivity index (χ2n) is 4.42. The van der Waals surface area contributed by atoms with Gasteiger partial charge in [-0.15, -0.1) is 0 Å². The summed E-state index contributed by atoms with van der Waals surface area (Å²) in [7, 11) is 0. The fourth-order valence-electron chi connectivity index (χ4n) is 1.95. The molecule has 0 bridgehead atoms. The zero-order valence-electron chi connectivity index (χ0n) is 10.2. The van der Waals surface area contributed by atoms with E-state index in [1.807, 2.05) is 38.1 Å². The minimum absolute atomic E-state index is 0.637. The van der Waals surface area contributed by atoms with E-state index in [4.69, 9.17) is 11.6 Å². The molecule has 1 N–H and O–H groups in total. The van der Waals surface area contributed by atoms with E-state index in [9.17, 15) is 5.11 Å². The number of halogens is 2. The third-order valence-electron chi connectivity index (χ3n) is 3.01. The normalized spacial score (nSPS) is 12.5. The maximum Gasteiger partial charge on any atom is 0.104 e.